The molecule has 19 heavy (non-hydrogen) atoms. The van der Waals surface area contributed by atoms with Gasteiger partial charge in [-0.3, -0.25) is 0 Å². The molecule has 2 rings (SSSR count). The van der Waals surface area contributed by atoms with Crippen molar-refractivity contribution in [3.8, 4) is 0 Å². The Morgan fingerprint density at radius 3 is 2.32 bits per heavy atom. The summed E-state index contributed by atoms with van der Waals surface area (Å²) in [5, 5.41) is 0. The Kier molecular flexibility index (Phi) is 5.22. The highest BCUT2D eigenvalue weighted by Crippen LogP contribution is 2.21. The maximum atomic E-state index is 12.6. The number of hydrogen-bond acceptors (Lipinski definition) is 3. The molecule has 2 fully saturated rings. The first-order valence-electron chi connectivity index (χ1n) is 7.51. The monoisotopic (exact) mass is 289 g/mol. The van der Waals surface area contributed by atoms with Gasteiger partial charge in [0.25, 0.3) is 10.2 Å². The van der Waals surface area contributed by atoms with Gasteiger partial charge < -0.3 is 4.90 Å². The summed E-state index contributed by atoms with van der Waals surface area (Å²) in [6.07, 6.45) is 3.28. The summed E-state index contributed by atoms with van der Waals surface area (Å²) in [4.78, 5) is 2.35. The minimum absolute atomic E-state index is 0.491. The first kappa shape index (κ1) is 15.2. The van der Waals surface area contributed by atoms with E-state index in [1.54, 1.807) is 8.61 Å². The van der Waals surface area contributed by atoms with E-state index in [-0.39, 0.29) is 0 Å². The fourth-order valence-corrected chi connectivity index (χ4v) is 4.77. The van der Waals surface area contributed by atoms with Gasteiger partial charge in [0.2, 0.25) is 0 Å². The van der Waals surface area contributed by atoms with Crippen molar-refractivity contribution < 1.29 is 8.42 Å². The van der Waals surface area contributed by atoms with Crippen LogP contribution in [0.2, 0.25) is 0 Å². The van der Waals surface area contributed by atoms with Crippen LogP contribution >= 0.6 is 0 Å². The van der Waals surface area contributed by atoms with E-state index in [1.807, 2.05) is 0 Å². The van der Waals surface area contributed by atoms with Crippen molar-refractivity contribution in [3.05, 3.63) is 0 Å². The van der Waals surface area contributed by atoms with Crippen LogP contribution in [0.3, 0.4) is 0 Å². The van der Waals surface area contributed by atoms with Crippen molar-refractivity contribution in [1.29, 1.82) is 0 Å². The van der Waals surface area contributed by atoms with Crippen LogP contribution in [0.5, 0.6) is 0 Å². The Morgan fingerprint density at radius 1 is 1.05 bits per heavy atom. The number of hydrogen-bond donors (Lipinski definition) is 0. The van der Waals surface area contributed by atoms with Crippen molar-refractivity contribution in [1.82, 2.24) is 13.5 Å². The lowest BCUT2D eigenvalue weighted by Crippen LogP contribution is -2.54. The van der Waals surface area contributed by atoms with Gasteiger partial charge in [-0.1, -0.05) is 13.8 Å². The molecule has 2 aliphatic rings. The van der Waals surface area contributed by atoms with Crippen molar-refractivity contribution in [3.63, 3.8) is 0 Å². The van der Waals surface area contributed by atoms with E-state index in [0.29, 0.717) is 32.1 Å². The van der Waals surface area contributed by atoms with Crippen LogP contribution in [0.1, 0.15) is 33.1 Å². The second-order valence-electron chi connectivity index (χ2n) is 5.85. The molecule has 0 spiro atoms. The summed E-state index contributed by atoms with van der Waals surface area (Å²) in [6, 6.07) is 0. The third-order valence-electron chi connectivity index (χ3n) is 4.14. The highest BCUT2D eigenvalue weighted by atomic mass is 32.2. The molecule has 2 heterocycles. The predicted octanol–water partition coefficient (Wildman–Crippen LogP) is 0.991. The Hall–Kier alpha value is -0.170. The van der Waals surface area contributed by atoms with Crippen LogP contribution < -0.4 is 0 Å². The molecule has 0 N–H and O–H groups in total. The topological polar surface area (TPSA) is 43.9 Å². The van der Waals surface area contributed by atoms with Crippen LogP contribution in [0.15, 0.2) is 0 Å². The molecule has 1 atom stereocenters. The van der Waals surface area contributed by atoms with Gasteiger partial charge in [0.05, 0.1) is 0 Å². The summed E-state index contributed by atoms with van der Waals surface area (Å²) < 4.78 is 28.5. The number of rotatable bonds is 4. The van der Waals surface area contributed by atoms with Gasteiger partial charge in [0.15, 0.2) is 0 Å². The van der Waals surface area contributed by atoms with E-state index in [0.717, 1.165) is 38.9 Å². The van der Waals surface area contributed by atoms with Gasteiger partial charge in [-0.15, -0.1) is 0 Å². The standard InChI is InChI=1S/C13H27N3O2S/c1-3-6-14-8-10-15(11-9-14)19(17,18)16-7-4-5-13(2)12-16/h13H,3-12H2,1-2H3. The molecule has 0 aromatic rings. The van der Waals surface area contributed by atoms with Crippen LogP contribution in [-0.2, 0) is 10.2 Å². The summed E-state index contributed by atoms with van der Waals surface area (Å²) in [5.41, 5.74) is 0. The van der Waals surface area contributed by atoms with E-state index >= 15 is 0 Å². The minimum Gasteiger partial charge on any atom is -0.301 e. The fourth-order valence-electron chi connectivity index (χ4n) is 3.02. The highest BCUT2D eigenvalue weighted by molar-refractivity contribution is 7.86. The van der Waals surface area contributed by atoms with E-state index in [9.17, 15) is 8.42 Å². The molecule has 2 saturated heterocycles. The van der Waals surface area contributed by atoms with E-state index in [2.05, 4.69) is 18.7 Å². The summed E-state index contributed by atoms with van der Waals surface area (Å²) in [5.74, 6) is 0.491. The molecule has 0 aliphatic carbocycles. The van der Waals surface area contributed by atoms with Gasteiger partial charge in [-0.2, -0.15) is 17.0 Å². The third-order valence-corrected chi connectivity index (χ3v) is 6.15. The average Bonchev–Trinajstić information content (AvgIpc) is 2.40. The molecule has 0 bridgehead atoms. The predicted molar refractivity (Wildman–Crippen MR) is 77.2 cm³/mol. The zero-order valence-electron chi connectivity index (χ0n) is 12.2. The van der Waals surface area contributed by atoms with Crippen LogP contribution in [-0.4, -0.2) is 67.7 Å². The fraction of sp³-hybridized carbons (Fsp3) is 1.00. The van der Waals surface area contributed by atoms with Gasteiger partial charge in [0, 0.05) is 39.3 Å². The quantitative estimate of drug-likeness (QED) is 0.775. The summed E-state index contributed by atoms with van der Waals surface area (Å²) in [7, 11) is -3.22. The molecular weight excluding hydrogens is 262 g/mol. The van der Waals surface area contributed by atoms with Crippen molar-refractivity contribution in [2.24, 2.45) is 5.92 Å². The average molecular weight is 289 g/mol. The molecule has 6 heteroatoms. The molecular formula is C13H27N3O2S. The minimum atomic E-state index is -3.22. The molecule has 112 valence electrons. The van der Waals surface area contributed by atoms with Crippen molar-refractivity contribution in [2.75, 3.05) is 45.8 Å². The lowest BCUT2D eigenvalue weighted by molar-refractivity contribution is 0.175. The van der Waals surface area contributed by atoms with Gasteiger partial charge >= 0.3 is 0 Å². The number of piperazine rings is 1. The molecule has 0 aromatic carbocycles. The third kappa shape index (κ3) is 3.68. The molecule has 0 aromatic heterocycles. The lowest BCUT2D eigenvalue weighted by atomic mass is 10.0. The smallest absolute Gasteiger partial charge is 0.282 e. The van der Waals surface area contributed by atoms with Crippen LogP contribution in [0, 0.1) is 5.92 Å². The van der Waals surface area contributed by atoms with Crippen molar-refractivity contribution in [2.45, 2.75) is 33.1 Å². The van der Waals surface area contributed by atoms with E-state index < -0.39 is 10.2 Å². The Morgan fingerprint density at radius 2 is 1.74 bits per heavy atom. The van der Waals surface area contributed by atoms with Gasteiger partial charge in [-0.25, -0.2) is 0 Å². The van der Waals surface area contributed by atoms with E-state index in [1.165, 1.54) is 0 Å². The summed E-state index contributed by atoms with van der Waals surface area (Å²) >= 11 is 0. The lowest BCUT2D eigenvalue weighted by Gasteiger charge is -2.38. The normalized spacial score (nSPS) is 28.6. The second-order valence-corrected chi connectivity index (χ2v) is 7.78. The van der Waals surface area contributed by atoms with Gasteiger partial charge in [-0.05, 0) is 31.7 Å². The largest absolute Gasteiger partial charge is 0.301 e. The molecule has 5 nitrogen and oxygen atoms in total. The molecule has 0 amide bonds. The first-order chi connectivity index (χ1) is 9.04. The highest BCUT2D eigenvalue weighted by Gasteiger charge is 2.34. The van der Waals surface area contributed by atoms with Gasteiger partial charge in [0.1, 0.15) is 0 Å². The Labute approximate surface area is 117 Å². The molecule has 1 unspecified atom stereocenters. The number of nitrogens with zero attached hydrogens (tertiary/aromatic N) is 3. The zero-order chi connectivity index (χ0) is 13.9. The number of piperidine rings is 1. The summed E-state index contributed by atoms with van der Waals surface area (Å²) in [6.45, 7) is 9.81. The second kappa shape index (κ2) is 6.52. The molecule has 0 radical (unpaired) electrons. The van der Waals surface area contributed by atoms with Crippen LogP contribution in [0.25, 0.3) is 0 Å². The SMILES string of the molecule is CCCN1CCN(S(=O)(=O)N2CCCC(C)C2)CC1. The first-order valence-corrected chi connectivity index (χ1v) is 8.91. The maximum Gasteiger partial charge on any atom is 0.282 e. The Balaban J connectivity index is 1.93. The molecule has 0 saturated carbocycles. The van der Waals surface area contributed by atoms with E-state index in [4.69, 9.17) is 0 Å². The molecule has 2 aliphatic heterocycles. The van der Waals surface area contributed by atoms with Crippen molar-refractivity contribution >= 4 is 10.2 Å². The Bertz CT molecular complexity index is 377. The zero-order valence-corrected chi connectivity index (χ0v) is 13.0. The maximum absolute atomic E-state index is 12.6. The van der Waals surface area contributed by atoms with Crippen LogP contribution in [0.4, 0.5) is 0 Å².